The van der Waals surface area contributed by atoms with Crippen LogP contribution in [0.15, 0.2) is 146 Å². The van der Waals surface area contributed by atoms with Crippen LogP contribution in [0.4, 0.5) is 17.1 Å². The zero-order valence-electron chi connectivity index (χ0n) is 49.1. The molecule has 0 saturated heterocycles. The summed E-state index contributed by atoms with van der Waals surface area (Å²) in [6.45, 7) is 11.8. The number of rotatable bonds is 27. The first-order valence-corrected chi connectivity index (χ1v) is 33.1. The fraction of sp³-hybridized carbons (Fsp3) is 0.333. The van der Waals surface area contributed by atoms with Gasteiger partial charge in [0.2, 0.25) is 0 Å². The number of anilines is 3. The van der Waals surface area contributed by atoms with E-state index in [1.807, 2.05) is 0 Å². The van der Waals surface area contributed by atoms with Gasteiger partial charge in [0.15, 0.2) is 34.5 Å². The highest BCUT2D eigenvalue weighted by molar-refractivity contribution is 7.20. The van der Waals surface area contributed by atoms with Gasteiger partial charge in [0, 0.05) is 17.1 Å². The van der Waals surface area contributed by atoms with E-state index in [9.17, 15) is 0 Å². The van der Waals surface area contributed by atoms with Gasteiger partial charge in [0.25, 0.3) is 0 Å². The van der Waals surface area contributed by atoms with Crippen LogP contribution < -0.4 is 47.5 Å². The third-order valence-corrected chi connectivity index (χ3v) is 19.3. The zero-order chi connectivity index (χ0) is 57.7. The van der Waals surface area contributed by atoms with Gasteiger partial charge in [-0.1, -0.05) is 115 Å². The normalized spacial score (nSPS) is 13.2. The summed E-state index contributed by atoms with van der Waals surface area (Å²) in [6, 6.07) is 51.5. The summed E-state index contributed by atoms with van der Waals surface area (Å²) in [5.41, 5.74) is 9.37. The van der Waals surface area contributed by atoms with Gasteiger partial charge in [-0.05, 0) is 162 Å². The van der Waals surface area contributed by atoms with E-state index in [0.717, 1.165) is 171 Å². The van der Waals surface area contributed by atoms with Crippen LogP contribution in [0, 0.1) is 0 Å². The Bertz CT molecular complexity index is 3210. The highest BCUT2D eigenvalue weighted by Gasteiger charge is 2.30. The average Bonchev–Trinajstić information content (AvgIpc) is 2.90. The minimum Gasteiger partial charge on any atom is -0.494 e. The maximum Gasteiger partial charge on any atom is 0.180 e. The molecule has 0 unspecified atom stereocenters. The Morgan fingerprint density at radius 2 is 0.494 bits per heavy atom. The minimum absolute atomic E-state index is 0.492. The summed E-state index contributed by atoms with van der Waals surface area (Å²) in [4.78, 5) is 8.55. The molecule has 6 aromatic carbocycles. The highest BCUT2D eigenvalue weighted by Crippen LogP contribution is 2.57. The van der Waals surface area contributed by atoms with Gasteiger partial charge < -0.3 is 47.5 Å². The topological polar surface area (TPSA) is 86.3 Å². The molecule has 9 aromatic rings. The second-order valence-electron chi connectivity index (χ2n) is 21.6. The average molecular weight is 1190 g/mol. The Labute approximate surface area is 512 Å². The molecule has 0 amide bonds. The van der Waals surface area contributed by atoms with Crippen LogP contribution in [0.5, 0.6) is 51.7 Å². The predicted octanol–water partition coefficient (Wildman–Crippen LogP) is 20.5. The molecule has 0 spiro atoms. The minimum atomic E-state index is 0.492. The highest BCUT2D eigenvalue weighted by atomic mass is 32.1. The van der Waals surface area contributed by atoms with Crippen LogP contribution in [-0.4, -0.2) is 59.5 Å². The molecule has 0 atom stereocenters. The van der Waals surface area contributed by atoms with Crippen molar-refractivity contribution in [2.24, 2.45) is 0 Å². The van der Waals surface area contributed by atoms with Gasteiger partial charge in [-0.3, -0.25) is 0 Å². The molecule has 0 aliphatic carbocycles. The molecule has 440 valence electrons. The van der Waals surface area contributed by atoms with E-state index in [1.54, 1.807) is 34.0 Å². The third-order valence-electron chi connectivity index (χ3n) is 15.5. The number of fused-ring (bicyclic) bond motifs is 3. The second-order valence-corrected chi connectivity index (χ2v) is 24.7. The van der Waals surface area contributed by atoms with Crippen LogP contribution in [-0.2, 0) is 0 Å². The Morgan fingerprint density at radius 3 is 0.706 bits per heavy atom. The molecular formula is C72H75NO9S3. The van der Waals surface area contributed by atoms with Gasteiger partial charge in [0.1, 0.15) is 56.9 Å². The SMILES string of the molecule is CCCCCCOc1ccc(-c2sc(-c3ccc(N(c4ccc(-c5sc(-c6ccc(OCCCCCC)cc6)c6c5OCCO6)cc4)c4ccc(-c5sc(-c6ccc(OCCCCCC)cc6)c6c5OCCO6)cc4)cc3)c3c2OCCO3)cc1. The quantitative estimate of drug-likeness (QED) is 0.0464. The standard InChI is InChI=1S/C72H75NO9S3/c1-4-7-10-13-40-74-58-34-22-52(23-35-58)70-64-61(77-43-46-80-64)67(83-70)49-16-28-55(29-17-49)73(56-30-18-50(19-31-56)68-62-65(81-47-44-78-62)71(84-68)53-24-36-59(37-25-53)75-41-14-11-8-5-2)57-32-20-51(21-33-57)69-63-66(82-48-45-79-63)72(85-69)54-26-38-60(39-27-54)76-42-15-12-9-6-3/h16-39H,4-15,40-48H2,1-3H3. The van der Waals surface area contributed by atoms with Crippen LogP contribution in [0.1, 0.15) is 97.8 Å². The number of benzene rings is 6. The summed E-state index contributed by atoms with van der Waals surface area (Å²) in [6.07, 6.45) is 14.1. The number of thiophene rings is 3. The van der Waals surface area contributed by atoms with Gasteiger partial charge >= 0.3 is 0 Å². The number of hydrogen-bond donors (Lipinski definition) is 0. The third kappa shape index (κ3) is 13.3. The Hall–Kier alpha value is -7.58. The zero-order valence-corrected chi connectivity index (χ0v) is 51.5. The predicted molar refractivity (Wildman–Crippen MR) is 349 cm³/mol. The molecule has 12 rings (SSSR count). The van der Waals surface area contributed by atoms with E-state index in [-0.39, 0.29) is 0 Å². The summed E-state index contributed by atoms with van der Waals surface area (Å²) >= 11 is 5.10. The molecule has 0 saturated carbocycles. The Balaban J connectivity index is 0.853. The van der Waals surface area contributed by atoms with E-state index in [0.29, 0.717) is 39.6 Å². The van der Waals surface area contributed by atoms with Gasteiger partial charge in [-0.25, -0.2) is 0 Å². The van der Waals surface area contributed by atoms with Crippen molar-refractivity contribution in [1.82, 2.24) is 0 Å². The first kappa shape index (κ1) is 57.8. The van der Waals surface area contributed by atoms with E-state index in [4.69, 9.17) is 42.6 Å². The monoisotopic (exact) mass is 1190 g/mol. The fourth-order valence-electron chi connectivity index (χ4n) is 11.0. The molecule has 85 heavy (non-hydrogen) atoms. The first-order chi connectivity index (χ1) is 42.0. The maximum atomic E-state index is 6.42. The molecule has 3 aliphatic rings. The molecule has 10 nitrogen and oxygen atoms in total. The van der Waals surface area contributed by atoms with E-state index >= 15 is 0 Å². The number of unbranched alkanes of at least 4 members (excludes halogenated alkanes) is 9. The lowest BCUT2D eigenvalue weighted by molar-refractivity contribution is 0.175. The van der Waals surface area contributed by atoms with Crippen molar-refractivity contribution in [3.8, 4) is 114 Å². The number of nitrogens with zero attached hydrogens (tertiary/aromatic N) is 1. The lowest BCUT2D eigenvalue weighted by Crippen LogP contribution is -2.15. The molecule has 0 bridgehead atoms. The molecule has 0 radical (unpaired) electrons. The number of ether oxygens (including phenoxy) is 9. The maximum absolute atomic E-state index is 6.42. The van der Waals surface area contributed by atoms with Gasteiger partial charge in [0.05, 0.1) is 49.1 Å². The van der Waals surface area contributed by atoms with Crippen molar-refractivity contribution in [2.75, 3.05) is 64.4 Å². The lowest BCUT2D eigenvalue weighted by atomic mass is 10.1. The lowest BCUT2D eigenvalue weighted by Gasteiger charge is -2.26. The first-order valence-electron chi connectivity index (χ1n) is 30.6. The largest absolute Gasteiger partial charge is 0.494 e. The van der Waals surface area contributed by atoms with Crippen molar-refractivity contribution in [2.45, 2.75) is 97.8 Å². The second kappa shape index (κ2) is 28.1. The van der Waals surface area contributed by atoms with E-state index in [1.165, 1.54) is 57.8 Å². The molecule has 0 fully saturated rings. The Kier molecular flexibility index (Phi) is 19.1. The van der Waals surface area contributed by atoms with E-state index < -0.39 is 0 Å². The molecule has 3 aliphatic heterocycles. The molecule has 6 heterocycles. The van der Waals surface area contributed by atoms with Crippen LogP contribution >= 0.6 is 34.0 Å². The molecule has 0 N–H and O–H groups in total. The smallest absolute Gasteiger partial charge is 0.180 e. The summed E-state index contributed by atoms with van der Waals surface area (Å²) in [7, 11) is 0. The van der Waals surface area contributed by atoms with Crippen LogP contribution in [0.2, 0.25) is 0 Å². The van der Waals surface area contributed by atoms with Crippen molar-refractivity contribution in [1.29, 1.82) is 0 Å². The van der Waals surface area contributed by atoms with Crippen molar-refractivity contribution < 1.29 is 42.6 Å². The van der Waals surface area contributed by atoms with Crippen molar-refractivity contribution >= 4 is 51.1 Å². The fourth-order valence-corrected chi connectivity index (χ4v) is 14.6. The van der Waals surface area contributed by atoms with E-state index in [2.05, 4.69) is 171 Å². The van der Waals surface area contributed by atoms with Gasteiger partial charge in [-0.2, -0.15) is 0 Å². The summed E-state index contributed by atoms with van der Waals surface area (Å²) in [5, 5.41) is 0. The van der Waals surface area contributed by atoms with Crippen molar-refractivity contribution in [3.05, 3.63) is 146 Å². The van der Waals surface area contributed by atoms with Crippen molar-refractivity contribution in [3.63, 3.8) is 0 Å². The van der Waals surface area contributed by atoms with Gasteiger partial charge in [-0.15, -0.1) is 34.0 Å². The number of hydrogen-bond acceptors (Lipinski definition) is 13. The molecular weight excluding hydrogens is 1120 g/mol. The Morgan fingerprint density at radius 1 is 0.282 bits per heavy atom. The van der Waals surface area contributed by atoms with Crippen LogP contribution in [0.3, 0.4) is 0 Å². The summed E-state index contributed by atoms with van der Waals surface area (Å²) in [5.74, 6) is 7.40. The molecule has 3 aromatic heterocycles. The van der Waals surface area contributed by atoms with Crippen LogP contribution in [0.25, 0.3) is 62.6 Å². The molecule has 13 heteroatoms. The summed E-state index contributed by atoms with van der Waals surface area (Å²) < 4.78 is 56.7.